The fourth-order valence-electron chi connectivity index (χ4n) is 2.13. The summed E-state index contributed by atoms with van der Waals surface area (Å²) in [5, 5.41) is 7.51. The first-order chi connectivity index (χ1) is 9.72. The number of aromatic nitrogens is 2. The van der Waals surface area contributed by atoms with E-state index >= 15 is 0 Å². The van der Waals surface area contributed by atoms with Gasteiger partial charge >= 0.3 is 0 Å². The van der Waals surface area contributed by atoms with Gasteiger partial charge in [-0.25, -0.2) is 4.98 Å². The maximum absolute atomic E-state index is 6.07. The van der Waals surface area contributed by atoms with Crippen LogP contribution in [0.5, 0.6) is 0 Å². The Labute approximate surface area is 121 Å². The topological polar surface area (TPSA) is 63.8 Å². The molecule has 102 valence electrons. The second-order valence-electron chi connectivity index (χ2n) is 4.71. The van der Waals surface area contributed by atoms with Crippen LogP contribution in [0.2, 0.25) is 0 Å². The van der Waals surface area contributed by atoms with E-state index in [2.05, 4.69) is 20.7 Å². The number of benzene rings is 1. The van der Waals surface area contributed by atoms with E-state index in [9.17, 15) is 0 Å². The molecule has 2 heterocycles. The Morgan fingerprint density at radius 2 is 2.05 bits per heavy atom. The Kier molecular flexibility index (Phi) is 3.62. The quantitative estimate of drug-likeness (QED) is 0.773. The maximum atomic E-state index is 6.07. The van der Waals surface area contributed by atoms with Gasteiger partial charge in [-0.05, 0) is 19.1 Å². The van der Waals surface area contributed by atoms with E-state index in [1.54, 1.807) is 11.3 Å². The molecule has 0 fully saturated rings. The van der Waals surface area contributed by atoms with Crippen molar-refractivity contribution in [3.05, 3.63) is 52.1 Å². The van der Waals surface area contributed by atoms with E-state index in [1.807, 2.05) is 37.3 Å². The average Bonchev–Trinajstić information content (AvgIpc) is 2.85. The van der Waals surface area contributed by atoms with Crippen LogP contribution in [0.1, 0.15) is 16.4 Å². The van der Waals surface area contributed by atoms with Crippen molar-refractivity contribution >= 4 is 27.9 Å². The molecule has 0 radical (unpaired) electrons. The van der Waals surface area contributed by atoms with Crippen LogP contribution in [0.4, 0.5) is 5.69 Å². The minimum atomic E-state index is 0.688. The number of hydrogen-bond acceptors (Lipinski definition) is 5. The molecular formula is C15H16N4S. The summed E-state index contributed by atoms with van der Waals surface area (Å²) in [6.07, 6.45) is 0. The van der Waals surface area contributed by atoms with Crippen molar-refractivity contribution in [3.63, 3.8) is 0 Å². The van der Waals surface area contributed by atoms with Gasteiger partial charge in [0.05, 0.1) is 11.2 Å². The molecule has 0 aliphatic carbocycles. The first-order valence-electron chi connectivity index (χ1n) is 6.48. The molecule has 0 saturated carbocycles. The molecule has 2 aromatic heterocycles. The van der Waals surface area contributed by atoms with Crippen molar-refractivity contribution in [2.45, 2.75) is 20.0 Å². The van der Waals surface area contributed by atoms with Gasteiger partial charge in [-0.2, -0.15) is 0 Å². The number of nitrogens with two attached hydrogens (primary N) is 1. The average molecular weight is 284 g/mol. The number of pyridine rings is 1. The van der Waals surface area contributed by atoms with E-state index < -0.39 is 0 Å². The third-order valence-electron chi connectivity index (χ3n) is 3.05. The molecule has 20 heavy (non-hydrogen) atoms. The fourth-order valence-corrected chi connectivity index (χ4v) is 2.87. The number of anilines is 1. The predicted octanol–water partition coefficient (Wildman–Crippen LogP) is 2.87. The molecule has 1 aromatic carbocycles. The van der Waals surface area contributed by atoms with Gasteiger partial charge in [0.1, 0.15) is 5.01 Å². The summed E-state index contributed by atoms with van der Waals surface area (Å²) in [6.45, 7) is 3.45. The molecule has 3 aromatic rings. The fraction of sp³-hybridized carbons (Fsp3) is 0.200. The smallest absolute Gasteiger partial charge is 0.107 e. The number of hydrogen-bond donors (Lipinski definition) is 2. The molecular weight excluding hydrogens is 268 g/mol. The number of nitrogen functional groups attached to an aromatic ring is 1. The van der Waals surface area contributed by atoms with E-state index in [4.69, 9.17) is 5.73 Å². The number of rotatable bonds is 4. The summed E-state index contributed by atoms with van der Waals surface area (Å²) in [5.41, 5.74) is 9.80. The first-order valence-corrected chi connectivity index (χ1v) is 7.36. The van der Waals surface area contributed by atoms with Gasteiger partial charge < -0.3 is 11.1 Å². The van der Waals surface area contributed by atoms with Gasteiger partial charge in [0.2, 0.25) is 0 Å². The second-order valence-corrected chi connectivity index (χ2v) is 5.65. The Hall–Kier alpha value is -1.98. The second kappa shape index (κ2) is 5.56. The van der Waals surface area contributed by atoms with Gasteiger partial charge in [-0.1, -0.05) is 18.2 Å². The van der Waals surface area contributed by atoms with Crippen LogP contribution in [0.15, 0.2) is 35.7 Å². The number of thiazole rings is 1. The zero-order chi connectivity index (χ0) is 13.9. The summed E-state index contributed by atoms with van der Waals surface area (Å²) in [4.78, 5) is 9.03. The monoisotopic (exact) mass is 284 g/mol. The number of nitrogens with one attached hydrogen (secondary N) is 1. The Morgan fingerprint density at radius 3 is 2.85 bits per heavy atom. The van der Waals surface area contributed by atoms with Gasteiger partial charge in [-0.15, -0.1) is 11.3 Å². The van der Waals surface area contributed by atoms with Crippen molar-refractivity contribution in [3.8, 4) is 0 Å². The molecule has 0 unspecified atom stereocenters. The Balaban J connectivity index is 1.71. The van der Waals surface area contributed by atoms with Crippen molar-refractivity contribution in [2.75, 3.05) is 5.73 Å². The van der Waals surface area contributed by atoms with Crippen molar-refractivity contribution < 1.29 is 0 Å². The molecule has 0 aliphatic heterocycles. The van der Waals surface area contributed by atoms with Crippen LogP contribution in [0.3, 0.4) is 0 Å². The van der Waals surface area contributed by atoms with Crippen LogP contribution in [-0.2, 0) is 13.1 Å². The van der Waals surface area contributed by atoms with E-state index in [0.29, 0.717) is 6.54 Å². The van der Waals surface area contributed by atoms with Crippen molar-refractivity contribution in [2.24, 2.45) is 0 Å². The zero-order valence-corrected chi connectivity index (χ0v) is 12.1. The third-order valence-corrected chi connectivity index (χ3v) is 4.02. The Morgan fingerprint density at radius 1 is 1.20 bits per heavy atom. The molecule has 0 amide bonds. The highest BCUT2D eigenvalue weighted by molar-refractivity contribution is 7.09. The lowest BCUT2D eigenvalue weighted by Gasteiger charge is -2.07. The highest BCUT2D eigenvalue weighted by atomic mass is 32.1. The summed E-state index contributed by atoms with van der Waals surface area (Å²) in [5.74, 6) is 0. The zero-order valence-electron chi connectivity index (χ0n) is 11.3. The minimum Gasteiger partial charge on any atom is -0.398 e. The predicted molar refractivity (Wildman–Crippen MR) is 83.6 cm³/mol. The SMILES string of the molecule is Cc1csc(CNCc2cc(N)c3ccccc3n2)n1. The molecule has 3 rings (SSSR count). The summed E-state index contributed by atoms with van der Waals surface area (Å²) >= 11 is 1.67. The molecule has 0 saturated heterocycles. The number of nitrogens with zero attached hydrogens (tertiary/aromatic N) is 2. The number of fused-ring (bicyclic) bond motifs is 1. The van der Waals surface area contributed by atoms with Crippen molar-refractivity contribution in [1.29, 1.82) is 0 Å². The summed E-state index contributed by atoms with van der Waals surface area (Å²) in [6, 6.07) is 9.86. The molecule has 0 spiro atoms. The Bertz CT molecular complexity index is 736. The summed E-state index contributed by atoms with van der Waals surface area (Å²) in [7, 11) is 0. The number of para-hydroxylation sites is 1. The molecule has 4 nitrogen and oxygen atoms in total. The van der Waals surface area contributed by atoms with Gasteiger partial charge in [0, 0.05) is 35.2 Å². The third kappa shape index (κ3) is 2.79. The molecule has 0 bridgehead atoms. The van der Waals surface area contributed by atoms with Gasteiger partial charge in [-0.3, -0.25) is 4.98 Å². The molecule has 0 aliphatic rings. The lowest BCUT2D eigenvalue weighted by Crippen LogP contribution is -2.14. The standard InChI is InChI=1S/C15H16N4S/c1-10-9-20-15(18-10)8-17-7-11-6-13(16)12-4-2-3-5-14(12)19-11/h2-6,9,17H,7-8H2,1H3,(H2,16,19). The molecule has 5 heteroatoms. The van der Waals surface area contributed by atoms with Crippen molar-refractivity contribution in [1.82, 2.24) is 15.3 Å². The molecule has 0 atom stereocenters. The number of aryl methyl sites for hydroxylation is 1. The lowest BCUT2D eigenvalue weighted by molar-refractivity contribution is 0.678. The normalized spacial score (nSPS) is 11.1. The summed E-state index contributed by atoms with van der Waals surface area (Å²) < 4.78 is 0. The van der Waals surface area contributed by atoms with Crippen LogP contribution in [0.25, 0.3) is 10.9 Å². The largest absolute Gasteiger partial charge is 0.398 e. The maximum Gasteiger partial charge on any atom is 0.107 e. The lowest BCUT2D eigenvalue weighted by atomic mass is 10.1. The molecule has 3 N–H and O–H groups in total. The van der Waals surface area contributed by atoms with E-state index in [0.717, 1.165) is 39.5 Å². The van der Waals surface area contributed by atoms with E-state index in [-0.39, 0.29) is 0 Å². The van der Waals surface area contributed by atoms with Crippen LogP contribution in [-0.4, -0.2) is 9.97 Å². The van der Waals surface area contributed by atoms with Gasteiger partial charge in [0.25, 0.3) is 0 Å². The highest BCUT2D eigenvalue weighted by Crippen LogP contribution is 2.20. The van der Waals surface area contributed by atoms with Gasteiger partial charge in [0.15, 0.2) is 0 Å². The van der Waals surface area contributed by atoms with Crippen LogP contribution in [0, 0.1) is 6.92 Å². The minimum absolute atomic E-state index is 0.688. The van der Waals surface area contributed by atoms with Crippen LogP contribution >= 0.6 is 11.3 Å². The first kappa shape index (κ1) is 13.0. The van der Waals surface area contributed by atoms with Crippen LogP contribution < -0.4 is 11.1 Å². The highest BCUT2D eigenvalue weighted by Gasteiger charge is 2.03. The van der Waals surface area contributed by atoms with E-state index in [1.165, 1.54) is 0 Å².